The summed E-state index contributed by atoms with van der Waals surface area (Å²) < 4.78 is 44.1. The van der Waals surface area contributed by atoms with Crippen molar-refractivity contribution in [2.45, 2.75) is 0 Å². The van der Waals surface area contributed by atoms with Gasteiger partial charge in [-0.05, 0) is 18.2 Å². The maximum atomic E-state index is 13.3. The average Bonchev–Trinajstić information content (AvgIpc) is 2.23. The van der Waals surface area contributed by atoms with E-state index in [0.717, 1.165) is 18.2 Å². The lowest BCUT2D eigenvalue weighted by Gasteiger charge is -2.07. The summed E-state index contributed by atoms with van der Waals surface area (Å²) in [6.07, 6.45) is 0. The average molecular weight is 239 g/mol. The van der Waals surface area contributed by atoms with E-state index in [1.165, 1.54) is 18.2 Å². The van der Waals surface area contributed by atoms with Crippen LogP contribution in [0, 0.1) is 17.5 Å². The molecular weight excluding hydrogens is 231 g/mol. The van der Waals surface area contributed by atoms with E-state index in [1.807, 2.05) is 0 Å². The molecule has 0 aromatic heterocycles. The van der Waals surface area contributed by atoms with Gasteiger partial charge >= 0.3 is 0 Å². The molecule has 0 bridgehead atoms. The highest BCUT2D eigenvalue weighted by molar-refractivity contribution is 5.46. The summed E-state index contributed by atoms with van der Waals surface area (Å²) in [6.45, 7) is 0. The highest BCUT2D eigenvalue weighted by Gasteiger charge is 2.10. The van der Waals surface area contributed by atoms with Crippen LogP contribution in [0.4, 0.5) is 18.9 Å². The molecule has 0 atom stereocenters. The lowest BCUT2D eigenvalue weighted by Crippen LogP contribution is -1.93. The quantitative estimate of drug-likeness (QED) is 0.814. The Morgan fingerprint density at radius 3 is 2.47 bits per heavy atom. The third-order valence-corrected chi connectivity index (χ3v) is 2.04. The van der Waals surface area contributed by atoms with Crippen LogP contribution in [0.3, 0.4) is 0 Å². The summed E-state index contributed by atoms with van der Waals surface area (Å²) in [5, 5.41) is 0. The van der Waals surface area contributed by atoms with Crippen LogP contribution in [0.5, 0.6) is 11.5 Å². The number of rotatable bonds is 2. The minimum atomic E-state index is -1.13. The topological polar surface area (TPSA) is 35.2 Å². The zero-order valence-electron chi connectivity index (χ0n) is 8.58. The van der Waals surface area contributed by atoms with E-state index in [2.05, 4.69) is 0 Å². The fourth-order valence-electron chi connectivity index (χ4n) is 1.33. The van der Waals surface area contributed by atoms with Gasteiger partial charge in [0, 0.05) is 17.8 Å². The zero-order valence-corrected chi connectivity index (χ0v) is 8.58. The Bertz CT molecular complexity index is 537. The molecule has 88 valence electrons. The van der Waals surface area contributed by atoms with E-state index in [-0.39, 0.29) is 17.2 Å². The van der Waals surface area contributed by atoms with E-state index in [1.54, 1.807) is 0 Å². The number of hydrogen-bond donors (Lipinski definition) is 1. The molecule has 0 aliphatic heterocycles. The molecule has 2 N–H and O–H groups in total. The third-order valence-electron chi connectivity index (χ3n) is 2.04. The summed E-state index contributed by atoms with van der Waals surface area (Å²) in [5.74, 6) is -3.10. The van der Waals surface area contributed by atoms with Crippen LogP contribution < -0.4 is 10.5 Å². The molecule has 2 aromatic rings. The second-order valence-electron chi connectivity index (χ2n) is 3.37. The van der Waals surface area contributed by atoms with Gasteiger partial charge in [-0.25, -0.2) is 8.78 Å². The van der Waals surface area contributed by atoms with Crippen molar-refractivity contribution >= 4 is 5.69 Å². The summed E-state index contributed by atoms with van der Waals surface area (Å²) in [4.78, 5) is 0. The largest absolute Gasteiger partial charge is 0.454 e. The number of ether oxygens (including phenoxy) is 1. The van der Waals surface area contributed by atoms with E-state index in [0.29, 0.717) is 0 Å². The standard InChI is InChI=1S/C12H8F3NO/c13-7-4-8(16)6-9(5-7)17-11-3-1-2-10(14)12(11)15/h1-6H,16H2. The predicted octanol–water partition coefficient (Wildman–Crippen LogP) is 3.48. The summed E-state index contributed by atoms with van der Waals surface area (Å²) in [5.41, 5.74) is 5.53. The van der Waals surface area contributed by atoms with Crippen LogP contribution in [-0.4, -0.2) is 0 Å². The van der Waals surface area contributed by atoms with Crippen molar-refractivity contribution in [2.75, 3.05) is 5.73 Å². The molecule has 17 heavy (non-hydrogen) atoms. The van der Waals surface area contributed by atoms with Crippen LogP contribution in [-0.2, 0) is 0 Å². The maximum Gasteiger partial charge on any atom is 0.201 e. The number of nitrogens with two attached hydrogens (primary N) is 1. The Labute approximate surface area is 95.4 Å². The number of nitrogen functional groups attached to an aromatic ring is 1. The van der Waals surface area contributed by atoms with Gasteiger partial charge in [0.15, 0.2) is 11.6 Å². The van der Waals surface area contributed by atoms with Crippen molar-refractivity contribution in [1.82, 2.24) is 0 Å². The molecule has 5 heteroatoms. The van der Waals surface area contributed by atoms with Gasteiger partial charge < -0.3 is 10.5 Å². The van der Waals surface area contributed by atoms with Gasteiger partial charge in [0.25, 0.3) is 0 Å². The molecule has 0 radical (unpaired) electrons. The monoisotopic (exact) mass is 239 g/mol. The second kappa shape index (κ2) is 4.37. The molecule has 2 aromatic carbocycles. The van der Waals surface area contributed by atoms with Crippen molar-refractivity contribution < 1.29 is 17.9 Å². The molecule has 0 amide bonds. The van der Waals surface area contributed by atoms with Crippen molar-refractivity contribution in [3.8, 4) is 11.5 Å². The van der Waals surface area contributed by atoms with Crippen LogP contribution in [0.2, 0.25) is 0 Å². The fraction of sp³-hybridized carbons (Fsp3) is 0. The van der Waals surface area contributed by atoms with Gasteiger partial charge in [0.1, 0.15) is 11.6 Å². The highest BCUT2D eigenvalue weighted by atomic mass is 19.2. The Kier molecular flexibility index (Phi) is 2.91. The SMILES string of the molecule is Nc1cc(F)cc(Oc2cccc(F)c2F)c1. The molecule has 0 aliphatic carbocycles. The van der Waals surface area contributed by atoms with Crippen LogP contribution >= 0.6 is 0 Å². The summed E-state index contributed by atoms with van der Waals surface area (Å²) in [7, 11) is 0. The second-order valence-corrected chi connectivity index (χ2v) is 3.37. The Hall–Kier alpha value is -2.17. The Morgan fingerprint density at radius 1 is 1.00 bits per heavy atom. The van der Waals surface area contributed by atoms with Crippen LogP contribution in [0.25, 0.3) is 0 Å². The molecule has 2 rings (SSSR count). The number of anilines is 1. The first kappa shape index (κ1) is 11.3. The van der Waals surface area contributed by atoms with Crippen molar-refractivity contribution in [3.63, 3.8) is 0 Å². The molecule has 0 saturated carbocycles. The van der Waals surface area contributed by atoms with Gasteiger partial charge in [-0.2, -0.15) is 4.39 Å². The van der Waals surface area contributed by atoms with Crippen LogP contribution in [0.15, 0.2) is 36.4 Å². The minimum Gasteiger partial charge on any atom is -0.454 e. The Morgan fingerprint density at radius 2 is 1.76 bits per heavy atom. The molecular formula is C12H8F3NO. The molecule has 0 spiro atoms. The van der Waals surface area contributed by atoms with E-state index >= 15 is 0 Å². The van der Waals surface area contributed by atoms with E-state index in [9.17, 15) is 13.2 Å². The fourth-order valence-corrected chi connectivity index (χ4v) is 1.33. The number of benzene rings is 2. The van der Waals surface area contributed by atoms with Gasteiger partial charge in [0.2, 0.25) is 5.82 Å². The van der Waals surface area contributed by atoms with Crippen molar-refractivity contribution in [2.24, 2.45) is 0 Å². The molecule has 0 unspecified atom stereocenters. The number of halogens is 3. The highest BCUT2D eigenvalue weighted by Crippen LogP contribution is 2.27. The lowest BCUT2D eigenvalue weighted by molar-refractivity contribution is 0.414. The zero-order chi connectivity index (χ0) is 12.4. The smallest absolute Gasteiger partial charge is 0.201 e. The molecule has 0 saturated heterocycles. The van der Waals surface area contributed by atoms with Gasteiger partial charge in [-0.15, -0.1) is 0 Å². The molecule has 0 heterocycles. The van der Waals surface area contributed by atoms with E-state index in [4.69, 9.17) is 10.5 Å². The predicted molar refractivity (Wildman–Crippen MR) is 57.2 cm³/mol. The molecule has 2 nitrogen and oxygen atoms in total. The first-order valence-electron chi connectivity index (χ1n) is 4.74. The summed E-state index contributed by atoms with van der Waals surface area (Å²) >= 11 is 0. The first-order chi connectivity index (χ1) is 8.06. The van der Waals surface area contributed by atoms with Gasteiger partial charge in [-0.1, -0.05) is 6.07 Å². The van der Waals surface area contributed by atoms with Crippen molar-refractivity contribution in [3.05, 3.63) is 53.8 Å². The first-order valence-corrected chi connectivity index (χ1v) is 4.74. The Balaban J connectivity index is 2.34. The molecule has 0 fully saturated rings. The summed E-state index contributed by atoms with van der Waals surface area (Å²) in [6, 6.07) is 6.92. The van der Waals surface area contributed by atoms with E-state index < -0.39 is 17.5 Å². The maximum absolute atomic E-state index is 13.3. The third kappa shape index (κ3) is 2.50. The minimum absolute atomic E-state index is 0.00648. The van der Waals surface area contributed by atoms with Crippen LogP contribution in [0.1, 0.15) is 0 Å². The van der Waals surface area contributed by atoms with Crippen molar-refractivity contribution in [1.29, 1.82) is 0 Å². The van der Waals surface area contributed by atoms with Gasteiger partial charge in [-0.3, -0.25) is 0 Å². The lowest BCUT2D eigenvalue weighted by atomic mass is 10.3. The molecule has 0 aliphatic rings. The van der Waals surface area contributed by atoms with Gasteiger partial charge in [0.05, 0.1) is 0 Å². The number of hydrogen-bond acceptors (Lipinski definition) is 2. The normalized spacial score (nSPS) is 10.3.